The van der Waals surface area contributed by atoms with Crippen LogP contribution < -0.4 is 15.6 Å². The number of benzene rings is 1. The Kier molecular flexibility index (Phi) is 5.60. The van der Waals surface area contributed by atoms with Crippen molar-refractivity contribution in [2.75, 3.05) is 15.8 Å². The first-order valence-corrected chi connectivity index (χ1v) is 11.3. The SMILES string of the molecule is CCS(=O)(=O)Nc1ccc(NC(=O)c2cc3c([nH]c2=O)CC(C)(C)CC3=O)cc1C. The van der Waals surface area contributed by atoms with Crippen LogP contribution in [-0.4, -0.2) is 30.8 Å². The van der Waals surface area contributed by atoms with Gasteiger partial charge in [0.25, 0.3) is 11.5 Å². The summed E-state index contributed by atoms with van der Waals surface area (Å²) in [5, 5.41) is 2.63. The highest BCUT2D eigenvalue weighted by atomic mass is 32.2. The van der Waals surface area contributed by atoms with E-state index in [0.717, 1.165) is 0 Å². The number of H-pyrrole nitrogens is 1. The summed E-state index contributed by atoms with van der Waals surface area (Å²) in [5.74, 6) is -0.796. The molecule has 1 aromatic heterocycles. The second kappa shape index (κ2) is 7.71. The molecule has 2 aromatic rings. The Morgan fingerprint density at radius 1 is 1.17 bits per heavy atom. The fourth-order valence-electron chi connectivity index (χ4n) is 3.49. The third kappa shape index (κ3) is 4.62. The molecule has 0 aliphatic heterocycles. The molecule has 0 fully saturated rings. The number of hydrogen-bond acceptors (Lipinski definition) is 5. The highest BCUT2D eigenvalue weighted by Gasteiger charge is 2.32. The molecule has 0 saturated carbocycles. The molecule has 3 N–H and O–H groups in total. The zero-order valence-corrected chi connectivity index (χ0v) is 18.2. The lowest BCUT2D eigenvalue weighted by molar-refractivity contribution is 0.0910. The number of rotatable bonds is 5. The van der Waals surface area contributed by atoms with Gasteiger partial charge in [-0.25, -0.2) is 8.42 Å². The average Bonchev–Trinajstić information content (AvgIpc) is 2.62. The Bertz CT molecular complexity index is 1200. The number of Topliss-reactive ketones (excluding diaryl/α,β-unsaturated/α-hetero) is 1. The van der Waals surface area contributed by atoms with Crippen LogP contribution in [0.3, 0.4) is 0 Å². The number of anilines is 2. The summed E-state index contributed by atoms with van der Waals surface area (Å²) in [5.41, 5.74) is 1.42. The minimum absolute atomic E-state index is 0.0536. The molecule has 1 amide bonds. The summed E-state index contributed by atoms with van der Waals surface area (Å²) in [7, 11) is -3.42. The van der Waals surface area contributed by atoms with E-state index < -0.39 is 21.5 Å². The predicted molar refractivity (Wildman–Crippen MR) is 116 cm³/mol. The number of aryl methyl sites for hydroxylation is 1. The second-order valence-electron chi connectivity index (χ2n) is 8.33. The monoisotopic (exact) mass is 431 g/mol. The number of carbonyl (C=O) groups is 2. The van der Waals surface area contributed by atoms with Gasteiger partial charge in [0.2, 0.25) is 10.0 Å². The van der Waals surface area contributed by atoms with E-state index in [1.165, 1.54) is 13.0 Å². The number of aromatic amines is 1. The van der Waals surface area contributed by atoms with Gasteiger partial charge in [0.1, 0.15) is 5.56 Å². The molecular formula is C21H25N3O5S. The number of aromatic nitrogens is 1. The minimum Gasteiger partial charge on any atom is -0.325 e. The molecule has 0 atom stereocenters. The fraction of sp³-hybridized carbons (Fsp3) is 0.381. The van der Waals surface area contributed by atoms with E-state index in [0.29, 0.717) is 41.0 Å². The van der Waals surface area contributed by atoms with Gasteiger partial charge < -0.3 is 10.3 Å². The van der Waals surface area contributed by atoms with Crippen molar-refractivity contribution in [3.8, 4) is 0 Å². The van der Waals surface area contributed by atoms with Gasteiger partial charge in [-0.1, -0.05) is 13.8 Å². The lowest BCUT2D eigenvalue weighted by Crippen LogP contribution is -2.32. The largest absolute Gasteiger partial charge is 0.325 e. The van der Waals surface area contributed by atoms with E-state index in [1.807, 2.05) is 13.8 Å². The predicted octanol–water partition coefficient (Wildman–Crippen LogP) is 2.85. The van der Waals surface area contributed by atoms with Crippen LogP contribution in [0, 0.1) is 12.3 Å². The van der Waals surface area contributed by atoms with Crippen LogP contribution in [0.5, 0.6) is 0 Å². The Morgan fingerprint density at radius 2 is 1.87 bits per heavy atom. The van der Waals surface area contributed by atoms with Crippen LogP contribution in [0.25, 0.3) is 0 Å². The molecule has 8 nitrogen and oxygen atoms in total. The Morgan fingerprint density at radius 3 is 2.50 bits per heavy atom. The van der Waals surface area contributed by atoms with Crippen LogP contribution in [-0.2, 0) is 16.4 Å². The summed E-state index contributed by atoms with van der Waals surface area (Å²) in [6.07, 6.45) is 0.904. The normalized spacial score (nSPS) is 15.4. The number of fused-ring (bicyclic) bond motifs is 1. The molecule has 0 radical (unpaired) electrons. The maximum Gasteiger partial charge on any atom is 0.261 e. The number of carbonyl (C=O) groups excluding carboxylic acids is 2. The summed E-state index contributed by atoms with van der Waals surface area (Å²) in [4.78, 5) is 40.3. The van der Waals surface area contributed by atoms with Gasteiger partial charge in [0.05, 0.1) is 11.4 Å². The first-order valence-electron chi connectivity index (χ1n) is 9.63. The molecule has 9 heteroatoms. The Balaban J connectivity index is 1.85. The topological polar surface area (TPSA) is 125 Å². The van der Waals surface area contributed by atoms with E-state index >= 15 is 0 Å². The highest BCUT2D eigenvalue weighted by molar-refractivity contribution is 7.92. The van der Waals surface area contributed by atoms with E-state index in [1.54, 1.807) is 25.1 Å². The molecule has 1 heterocycles. The average molecular weight is 432 g/mol. The molecule has 0 spiro atoms. The molecular weight excluding hydrogens is 406 g/mol. The van der Waals surface area contributed by atoms with Crippen molar-refractivity contribution in [2.24, 2.45) is 5.41 Å². The Labute approximate surface area is 175 Å². The van der Waals surface area contributed by atoms with Crippen molar-refractivity contribution in [2.45, 2.75) is 40.5 Å². The van der Waals surface area contributed by atoms with Gasteiger partial charge in [0.15, 0.2) is 5.78 Å². The Hall–Kier alpha value is -2.94. The number of pyridine rings is 1. The van der Waals surface area contributed by atoms with Gasteiger partial charge in [-0.15, -0.1) is 0 Å². The number of hydrogen-bond donors (Lipinski definition) is 3. The van der Waals surface area contributed by atoms with E-state index in [-0.39, 0.29) is 22.5 Å². The summed E-state index contributed by atoms with van der Waals surface area (Å²) >= 11 is 0. The molecule has 1 aliphatic carbocycles. The third-order valence-electron chi connectivity index (χ3n) is 5.09. The van der Waals surface area contributed by atoms with Crippen molar-refractivity contribution >= 4 is 33.1 Å². The molecule has 1 aromatic carbocycles. The molecule has 0 bridgehead atoms. The van der Waals surface area contributed by atoms with E-state index in [9.17, 15) is 22.8 Å². The maximum atomic E-state index is 12.7. The fourth-order valence-corrected chi connectivity index (χ4v) is 4.20. The summed E-state index contributed by atoms with van der Waals surface area (Å²) in [6.45, 7) is 7.15. The van der Waals surface area contributed by atoms with Gasteiger partial charge in [-0.2, -0.15) is 0 Å². The highest BCUT2D eigenvalue weighted by Crippen LogP contribution is 2.33. The molecule has 3 rings (SSSR count). The first-order chi connectivity index (χ1) is 13.9. The zero-order chi connectivity index (χ0) is 22.3. The lowest BCUT2D eigenvalue weighted by atomic mass is 9.75. The minimum atomic E-state index is -3.42. The van der Waals surface area contributed by atoms with E-state index in [4.69, 9.17) is 0 Å². The molecule has 0 unspecified atom stereocenters. The van der Waals surface area contributed by atoms with Gasteiger partial charge in [-0.05, 0) is 55.5 Å². The van der Waals surface area contributed by atoms with Crippen molar-refractivity contribution < 1.29 is 18.0 Å². The zero-order valence-electron chi connectivity index (χ0n) is 17.4. The number of nitrogens with one attached hydrogen (secondary N) is 3. The van der Waals surface area contributed by atoms with Crippen molar-refractivity contribution in [3.63, 3.8) is 0 Å². The van der Waals surface area contributed by atoms with Gasteiger partial charge >= 0.3 is 0 Å². The van der Waals surface area contributed by atoms with Crippen LogP contribution in [0.2, 0.25) is 0 Å². The number of amides is 1. The van der Waals surface area contributed by atoms with Crippen LogP contribution in [0.15, 0.2) is 29.1 Å². The molecule has 160 valence electrons. The lowest BCUT2D eigenvalue weighted by Gasteiger charge is -2.29. The maximum absolute atomic E-state index is 12.7. The first kappa shape index (κ1) is 21.8. The summed E-state index contributed by atoms with van der Waals surface area (Å²) < 4.78 is 26.0. The van der Waals surface area contributed by atoms with Crippen LogP contribution >= 0.6 is 0 Å². The van der Waals surface area contributed by atoms with E-state index in [2.05, 4.69) is 15.0 Å². The third-order valence-corrected chi connectivity index (χ3v) is 6.38. The van der Waals surface area contributed by atoms with Gasteiger partial charge in [-0.3, -0.25) is 19.1 Å². The smallest absolute Gasteiger partial charge is 0.261 e. The number of ketones is 1. The molecule has 1 aliphatic rings. The number of sulfonamides is 1. The summed E-state index contributed by atoms with van der Waals surface area (Å²) in [6, 6.07) is 6.04. The van der Waals surface area contributed by atoms with Crippen LogP contribution in [0.4, 0.5) is 11.4 Å². The van der Waals surface area contributed by atoms with Crippen molar-refractivity contribution in [3.05, 3.63) is 57.0 Å². The molecule has 30 heavy (non-hydrogen) atoms. The standard InChI is InChI=1S/C21H25N3O5S/c1-5-30(28,29)24-16-7-6-13(8-12(16)2)22-19(26)15-9-14-17(23-20(15)27)10-21(3,4)11-18(14)25/h6-9,24H,5,10-11H2,1-4H3,(H,22,26)(H,23,27). The molecule has 0 saturated heterocycles. The second-order valence-corrected chi connectivity index (χ2v) is 10.3. The van der Waals surface area contributed by atoms with Crippen LogP contribution in [0.1, 0.15) is 59.2 Å². The van der Waals surface area contributed by atoms with Crippen molar-refractivity contribution in [1.82, 2.24) is 4.98 Å². The quantitative estimate of drug-likeness (QED) is 0.671. The van der Waals surface area contributed by atoms with Gasteiger partial charge in [0, 0.05) is 23.4 Å². The van der Waals surface area contributed by atoms with Crippen molar-refractivity contribution in [1.29, 1.82) is 0 Å².